The van der Waals surface area contributed by atoms with Crippen molar-refractivity contribution in [1.82, 2.24) is 9.97 Å². The van der Waals surface area contributed by atoms with E-state index in [-0.39, 0.29) is 0 Å². The van der Waals surface area contributed by atoms with Gasteiger partial charge in [0.05, 0.1) is 11.0 Å². The Balaban J connectivity index is 1.69. The second kappa shape index (κ2) is 7.24. The highest BCUT2D eigenvalue weighted by Gasteiger charge is 2.11. The van der Waals surface area contributed by atoms with Crippen molar-refractivity contribution in [3.63, 3.8) is 0 Å². The van der Waals surface area contributed by atoms with Gasteiger partial charge in [-0.3, -0.25) is 4.98 Å². The molecular formula is C26H20N2. The maximum Gasteiger partial charge on any atom is 0.0968 e. The van der Waals surface area contributed by atoms with Gasteiger partial charge in [0.15, 0.2) is 0 Å². The van der Waals surface area contributed by atoms with E-state index in [0.29, 0.717) is 0 Å². The summed E-state index contributed by atoms with van der Waals surface area (Å²) in [5.41, 5.74) is 6.94. The third kappa shape index (κ3) is 3.25. The Morgan fingerprint density at radius 1 is 0.571 bits per heavy atom. The normalized spacial score (nSPS) is 11.1. The van der Waals surface area contributed by atoms with Crippen molar-refractivity contribution < 1.29 is 0 Å². The monoisotopic (exact) mass is 360 g/mol. The molecule has 0 bridgehead atoms. The van der Waals surface area contributed by atoms with Gasteiger partial charge in [0.1, 0.15) is 0 Å². The number of pyridine rings is 2. The summed E-state index contributed by atoms with van der Waals surface area (Å²) >= 11 is 0. The average Bonchev–Trinajstić information content (AvgIpc) is 2.76. The molecule has 134 valence electrons. The van der Waals surface area contributed by atoms with Crippen LogP contribution in [-0.4, -0.2) is 9.97 Å². The Morgan fingerprint density at radius 2 is 1.25 bits per heavy atom. The number of aromatic nitrogens is 2. The topological polar surface area (TPSA) is 25.8 Å². The molecule has 5 aromatic rings. The Labute approximate surface area is 164 Å². The lowest BCUT2D eigenvalue weighted by Gasteiger charge is -2.12. The number of benzene rings is 3. The van der Waals surface area contributed by atoms with E-state index in [9.17, 15) is 0 Å². The first-order chi connectivity index (χ1) is 13.9. The zero-order valence-electron chi connectivity index (χ0n) is 15.5. The summed E-state index contributed by atoms with van der Waals surface area (Å²) in [6, 6.07) is 31.8. The summed E-state index contributed by atoms with van der Waals surface area (Å²) in [5.74, 6) is 0. The SMILES string of the molecule is c1ccc(Cc2cc3ccc4cccnc4c3nc2Cc2ccccc2)cc1. The first kappa shape index (κ1) is 16.6. The molecule has 28 heavy (non-hydrogen) atoms. The molecule has 2 aromatic heterocycles. The quantitative estimate of drug-likeness (QED) is 0.369. The van der Waals surface area contributed by atoms with Gasteiger partial charge in [0, 0.05) is 29.1 Å². The Kier molecular flexibility index (Phi) is 4.30. The van der Waals surface area contributed by atoms with Crippen molar-refractivity contribution in [3.8, 4) is 0 Å². The van der Waals surface area contributed by atoms with Gasteiger partial charge < -0.3 is 0 Å². The highest BCUT2D eigenvalue weighted by molar-refractivity contribution is 6.02. The molecule has 0 saturated heterocycles. The Bertz CT molecular complexity index is 1250. The smallest absolute Gasteiger partial charge is 0.0968 e. The molecule has 2 heterocycles. The molecule has 3 aromatic carbocycles. The predicted octanol–water partition coefficient (Wildman–Crippen LogP) is 5.96. The van der Waals surface area contributed by atoms with E-state index in [1.165, 1.54) is 16.7 Å². The van der Waals surface area contributed by atoms with Crippen LogP contribution in [0.25, 0.3) is 21.8 Å². The summed E-state index contributed by atoms with van der Waals surface area (Å²) in [5, 5.41) is 2.28. The molecule has 0 aliphatic heterocycles. The van der Waals surface area contributed by atoms with Crippen LogP contribution in [0.5, 0.6) is 0 Å². The van der Waals surface area contributed by atoms with Crippen molar-refractivity contribution in [3.05, 3.63) is 120 Å². The molecule has 0 atom stereocenters. The van der Waals surface area contributed by atoms with E-state index in [4.69, 9.17) is 4.98 Å². The molecule has 0 unspecified atom stereocenters. The van der Waals surface area contributed by atoms with Crippen LogP contribution in [0.2, 0.25) is 0 Å². The van der Waals surface area contributed by atoms with Crippen molar-refractivity contribution in [2.45, 2.75) is 12.8 Å². The zero-order valence-corrected chi connectivity index (χ0v) is 15.5. The minimum Gasteiger partial charge on any atom is -0.254 e. The van der Waals surface area contributed by atoms with Gasteiger partial charge >= 0.3 is 0 Å². The molecule has 0 fully saturated rings. The van der Waals surface area contributed by atoms with Crippen molar-refractivity contribution in [2.24, 2.45) is 0 Å². The van der Waals surface area contributed by atoms with Crippen LogP contribution in [0.4, 0.5) is 0 Å². The number of fused-ring (bicyclic) bond motifs is 3. The molecule has 0 amide bonds. The fourth-order valence-corrected chi connectivity index (χ4v) is 3.77. The van der Waals surface area contributed by atoms with Gasteiger partial charge in [0.25, 0.3) is 0 Å². The molecule has 2 nitrogen and oxygen atoms in total. The van der Waals surface area contributed by atoms with Crippen LogP contribution < -0.4 is 0 Å². The minimum absolute atomic E-state index is 0.822. The van der Waals surface area contributed by atoms with Gasteiger partial charge in [-0.1, -0.05) is 78.9 Å². The predicted molar refractivity (Wildman–Crippen MR) is 116 cm³/mol. The largest absolute Gasteiger partial charge is 0.254 e. The van der Waals surface area contributed by atoms with Crippen LogP contribution in [0.1, 0.15) is 22.4 Å². The van der Waals surface area contributed by atoms with Crippen LogP contribution in [-0.2, 0) is 12.8 Å². The molecule has 0 spiro atoms. The summed E-state index contributed by atoms with van der Waals surface area (Å²) in [6.45, 7) is 0. The van der Waals surface area contributed by atoms with E-state index in [1.807, 2.05) is 12.3 Å². The van der Waals surface area contributed by atoms with Gasteiger partial charge in [0.2, 0.25) is 0 Å². The molecule has 0 N–H and O–H groups in total. The maximum absolute atomic E-state index is 5.13. The summed E-state index contributed by atoms with van der Waals surface area (Å²) < 4.78 is 0. The first-order valence-electron chi connectivity index (χ1n) is 9.61. The van der Waals surface area contributed by atoms with Crippen molar-refractivity contribution in [1.29, 1.82) is 0 Å². The number of hydrogen-bond acceptors (Lipinski definition) is 2. The Hall–Kier alpha value is -3.52. The third-order valence-electron chi connectivity index (χ3n) is 5.18. The fourth-order valence-electron chi connectivity index (χ4n) is 3.77. The minimum atomic E-state index is 0.822. The van der Waals surface area contributed by atoms with Gasteiger partial charge in [-0.2, -0.15) is 0 Å². The average molecular weight is 360 g/mol. The molecule has 2 heteroatoms. The standard InChI is InChI=1S/C26H20N2/c1-3-8-19(9-4-1)16-23-18-22-14-13-21-12-7-15-27-25(21)26(22)28-24(23)17-20-10-5-2-6-11-20/h1-15,18H,16-17H2. The first-order valence-corrected chi connectivity index (χ1v) is 9.61. The molecule has 0 aliphatic rings. The van der Waals surface area contributed by atoms with Gasteiger partial charge in [-0.25, -0.2) is 4.98 Å². The number of hydrogen-bond donors (Lipinski definition) is 0. The van der Waals surface area contributed by atoms with Gasteiger partial charge in [-0.15, -0.1) is 0 Å². The van der Waals surface area contributed by atoms with E-state index in [1.54, 1.807) is 0 Å². The molecule has 0 radical (unpaired) electrons. The highest BCUT2D eigenvalue weighted by Crippen LogP contribution is 2.26. The summed E-state index contributed by atoms with van der Waals surface area (Å²) in [6.07, 6.45) is 3.55. The Morgan fingerprint density at radius 3 is 2.00 bits per heavy atom. The van der Waals surface area contributed by atoms with Gasteiger partial charge in [-0.05, 0) is 35.2 Å². The lowest BCUT2D eigenvalue weighted by molar-refractivity contribution is 1.03. The van der Waals surface area contributed by atoms with Crippen molar-refractivity contribution >= 4 is 21.8 Å². The van der Waals surface area contributed by atoms with E-state index in [0.717, 1.165) is 40.3 Å². The summed E-state index contributed by atoms with van der Waals surface area (Å²) in [7, 11) is 0. The third-order valence-corrected chi connectivity index (χ3v) is 5.18. The van der Waals surface area contributed by atoms with Crippen LogP contribution >= 0.6 is 0 Å². The lowest BCUT2D eigenvalue weighted by Crippen LogP contribution is -2.02. The second-order valence-electron chi connectivity index (χ2n) is 7.13. The van der Waals surface area contributed by atoms with Crippen LogP contribution in [0.3, 0.4) is 0 Å². The molecule has 5 rings (SSSR count). The number of rotatable bonds is 4. The maximum atomic E-state index is 5.13. The zero-order chi connectivity index (χ0) is 18.8. The van der Waals surface area contributed by atoms with Crippen LogP contribution in [0.15, 0.2) is 97.2 Å². The lowest BCUT2D eigenvalue weighted by atomic mass is 9.97. The summed E-state index contributed by atoms with van der Waals surface area (Å²) in [4.78, 5) is 9.74. The van der Waals surface area contributed by atoms with E-state index < -0.39 is 0 Å². The number of nitrogens with zero attached hydrogens (tertiary/aromatic N) is 2. The van der Waals surface area contributed by atoms with Crippen LogP contribution in [0, 0.1) is 0 Å². The molecule has 0 aliphatic carbocycles. The highest BCUT2D eigenvalue weighted by atomic mass is 14.8. The fraction of sp³-hybridized carbons (Fsp3) is 0.0769. The molecule has 0 saturated carbocycles. The molecular weight excluding hydrogens is 340 g/mol. The van der Waals surface area contributed by atoms with E-state index >= 15 is 0 Å². The van der Waals surface area contributed by atoms with E-state index in [2.05, 4.69) is 89.9 Å². The van der Waals surface area contributed by atoms with Crippen molar-refractivity contribution in [2.75, 3.05) is 0 Å². The second-order valence-corrected chi connectivity index (χ2v) is 7.13.